The number of benzene rings is 2. The number of anilines is 1. The number of rotatable bonds is 5. The number of hydrogen-bond acceptors (Lipinski definition) is 6. The Bertz CT molecular complexity index is 670. The number of carbonyl (C=O) groups is 2. The van der Waals surface area contributed by atoms with Crippen molar-refractivity contribution < 1.29 is 23.8 Å². The van der Waals surface area contributed by atoms with Crippen molar-refractivity contribution in [1.82, 2.24) is 0 Å². The Balaban J connectivity index is 1.88. The molecule has 0 heterocycles. The molecule has 0 unspecified atom stereocenters. The summed E-state index contributed by atoms with van der Waals surface area (Å²) < 4.78 is 15.2. The first-order valence-corrected chi connectivity index (χ1v) is 8.15. The summed E-state index contributed by atoms with van der Waals surface area (Å²) in [7, 11) is 0. The maximum absolute atomic E-state index is 11.7. The highest BCUT2D eigenvalue weighted by Gasteiger charge is 2.09. The molecule has 0 aliphatic carbocycles. The second-order valence-corrected chi connectivity index (χ2v) is 5.09. The Labute approximate surface area is 146 Å². The largest absolute Gasteiger partial charge is 0.519 e. The van der Waals surface area contributed by atoms with Gasteiger partial charge in [0, 0.05) is 5.69 Å². The predicted molar refractivity (Wildman–Crippen MR) is 92.6 cm³/mol. The Kier molecular flexibility index (Phi) is 6.21. The molecule has 6 nitrogen and oxygen atoms in total. The van der Waals surface area contributed by atoms with Crippen LogP contribution in [0.5, 0.6) is 11.5 Å². The third kappa shape index (κ3) is 5.78. The van der Waals surface area contributed by atoms with E-state index in [1.807, 2.05) is 22.6 Å². The fourth-order valence-corrected chi connectivity index (χ4v) is 2.05. The quantitative estimate of drug-likeness (QED) is 0.259. The Morgan fingerprint density at radius 1 is 0.913 bits per heavy atom. The van der Waals surface area contributed by atoms with E-state index in [1.165, 1.54) is 0 Å². The molecule has 0 amide bonds. The molecule has 23 heavy (non-hydrogen) atoms. The molecule has 0 aromatic heterocycles. The molecule has 0 fully saturated rings. The average molecular weight is 427 g/mol. The van der Waals surface area contributed by atoms with Crippen LogP contribution in [0.15, 0.2) is 48.5 Å². The highest BCUT2D eigenvalue weighted by Crippen LogP contribution is 2.17. The first-order valence-electron chi connectivity index (χ1n) is 6.62. The van der Waals surface area contributed by atoms with Gasteiger partial charge in [-0.15, -0.1) is 0 Å². The fraction of sp³-hybridized carbons (Fsp3) is 0.125. The average Bonchev–Trinajstić information content (AvgIpc) is 2.52. The zero-order chi connectivity index (χ0) is 16.7. The lowest BCUT2D eigenvalue weighted by Crippen LogP contribution is -2.13. The minimum atomic E-state index is -0.855. The first kappa shape index (κ1) is 17.1. The minimum absolute atomic E-state index is 0.166. The third-order valence-corrected chi connectivity index (χ3v) is 3.08. The molecular formula is C16H14INO5. The van der Waals surface area contributed by atoms with Gasteiger partial charge in [-0.2, -0.15) is 0 Å². The number of alkyl halides is 1. The third-order valence-electron chi connectivity index (χ3n) is 2.77. The standard InChI is InChI=1S/C16H14INO5/c17-10-21-15(19)9-11-1-5-13(6-2-11)22-16(20)23-14-7-3-12(18)4-8-14/h1-8H,9-10,18H2. The molecule has 0 atom stereocenters. The molecule has 2 N–H and O–H groups in total. The fourth-order valence-electron chi connectivity index (χ4n) is 1.70. The number of nitrogens with two attached hydrogens (primary N) is 1. The van der Waals surface area contributed by atoms with Crippen LogP contribution < -0.4 is 15.2 Å². The second-order valence-electron chi connectivity index (χ2n) is 4.47. The van der Waals surface area contributed by atoms with E-state index >= 15 is 0 Å². The predicted octanol–water partition coefficient (Wildman–Crippen LogP) is 3.32. The van der Waals surface area contributed by atoms with Gasteiger partial charge in [0.25, 0.3) is 0 Å². The van der Waals surface area contributed by atoms with Gasteiger partial charge in [-0.05, 0) is 64.6 Å². The van der Waals surface area contributed by atoms with Gasteiger partial charge in [0.1, 0.15) is 16.1 Å². The highest BCUT2D eigenvalue weighted by molar-refractivity contribution is 14.1. The monoisotopic (exact) mass is 427 g/mol. The van der Waals surface area contributed by atoms with E-state index in [2.05, 4.69) is 0 Å². The van der Waals surface area contributed by atoms with E-state index in [-0.39, 0.29) is 12.4 Å². The maximum atomic E-state index is 11.7. The van der Waals surface area contributed by atoms with Crippen LogP contribution >= 0.6 is 22.6 Å². The van der Waals surface area contributed by atoms with E-state index in [9.17, 15) is 9.59 Å². The van der Waals surface area contributed by atoms with Crippen molar-refractivity contribution in [3.63, 3.8) is 0 Å². The smallest absolute Gasteiger partial charge is 0.455 e. The van der Waals surface area contributed by atoms with Gasteiger partial charge in [-0.3, -0.25) is 4.79 Å². The van der Waals surface area contributed by atoms with Crippen LogP contribution in [0.3, 0.4) is 0 Å². The summed E-state index contributed by atoms with van der Waals surface area (Å²) in [5.74, 6) is 0.342. The Hall–Kier alpha value is -2.29. The molecule has 7 heteroatoms. The van der Waals surface area contributed by atoms with Crippen LogP contribution in [0.2, 0.25) is 0 Å². The van der Waals surface area contributed by atoms with Gasteiger partial charge in [0.2, 0.25) is 0 Å². The van der Waals surface area contributed by atoms with E-state index in [4.69, 9.17) is 19.9 Å². The van der Waals surface area contributed by atoms with E-state index in [0.29, 0.717) is 21.8 Å². The van der Waals surface area contributed by atoms with Crippen LogP contribution in [0.1, 0.15) is 5.56 Å². The number of nitrogen functional groups attached to an aromatic ring is 1. The molecule has 0 aliphatic heterocycles. The number of carbonyl (C=O) groups excluding carboxylic acids is 2. The topological polar surface area (TPSA) is 87.9 Å². The van der Waals surface area contributed by atoms with Gasteiger partial charge >= 0.3 is 12.1 Å². The molecular weight excluding hydrogens is 413 g/mol. The Morgan fingerprint density at radius 3 is 1.96 bits per heavy atom. The summed E-state index contributed by atoms with van der Waals surface area (Å²) in [6.45, 7) is 0. The van der Waals surface area contributed by atoms with Crippen molar-refractivity contribution in [3.05, 3.63) is 54.1 Å². The molecule has 120 valence electrons. The lowest BCUT2D eigenvalue weighted by molar-refractivity contribution is -0.140. The SMILES string of the molecule is Nc1ccc(OC(=O)Oc2ccc(CC(=O)OCI)cc2)cc1. The first-order chi connectivity index (χ1) is 11.1. The molecule has 0 aliphatic rings. The Morgan fingerprint density at radius 2 is 1.43 bits per heavy atom. The van der Waals surface area contributed by atoms with Gasteiger partial charge in [0.15, 0.2) is 0 Å². The summed E-state index contributed by atoms with van der Waals surface area (Å²) >= 11 is 1.95. The van der Waals surface area contributed by atoms with Crippen molar-refractivity contribution in [2.45, 2.75) is 6.42 Å². The van der Waals surface area contributed by atoms with Crippen LogP contribution in [-0.2, 0) is 16.0 Å². The molecule has 0 spiro atoms. The lowest BCUT2D eigenvalue weighted by atomic mass is 10.1. The molecule has 0 saturated carbocycles. The van der Waals surface area contributed by atoms with Crippen LogP contribution in [0.4, 0.5) is 10.5 Å². The van der Waals surface area contributed by atoms with Crippen molar-refractivity contribution in [1.29, 1.82) is 0 Å². The number of hydrogen-bond donors (Lipinski definition) is 1. The van der Waals surface area contributed by atoms with Gasteiger partial charge < -0.3 is 19.9 Å². The normalized spacial score (nSPS) is 9.96. The van der Waals surface area contributed by atoms with E-state index in [1.54, 1.807) is 48.5 Å². The molecule has 2 aromatic carbocycles. The zero-order valence-corrected chi connectivity index (χ0v) is 14.2. The highest BCUT2D eigenvalue weighted by atomic mass is 127. The molecule has 0 bridgehead atoms. The second kappa shape index (κ2) is 8.37. The van der Waals surface area contributed by atoms with Gasteiger partial charge in [0.05, 0.1) is 6.42 Å². The summed E-state index contributed by atoms with van der Waals surface area (Å²) in [5.41, 5.74) is 6.88. The van der Waals surface area contributed by atoms with Crippen molar-refractivity contribution in [2.75, 3.05) is 10.3 Å². The van der Waals surface area contributed by atoms with E-state index < -0.39 is 6.16 Å². The minimum Gasteiger partial charge on any atom is -0.455 e. The van der Waals surface area contributed by atoms with Crippen LogP contribution in [0, 0.1) is 0 Å². The van der Waals surface area contributed by atoms with Crippen molar-refractivity contribution >= 4 is 40.4 Å². The lowest BCUT2D eigenvalue weighted by Gasteiger charge is -2.06. The summed E-state index contributed by atoms with van der Waals surface area (Å²) in [6, 6.07) is 12.9. The van der Waals surface area contributed by atoms with Crippen molar-refractivity contribution in [2.24, 2.45) is 0 Å². The molecule has 0 radical (unpaired) electrons. The van der Waals surface area contributed by atoms with Gasteiger partial charge in [-0.1, -0.05) is 12.1 Å². The van der Waals surface area contributed by atoms with Crippen molar-refractivity contribution in [3.8, 4) is 11.5 Å². The summed E-state index contributed by atoms with van der Waals surface area (Å²) in [5, 5.41) is 0. The zero-order valence-electron chi connectivity index (χ0n) is 12.0. The summed E-state index contributed by atoms with van der Waals surface area (Å²) in [6.07, 6.45) is -0.689. The van der Waals surface area contributed by atoms with Gasteiger partial charge in [-0.25, -0.2) is 4.79 Å². The van der Waals surface area contributed by atoms with Crippen LogP contribution in [-0.4, -0.2) is 16.7 Å². The maximum Gasteiger partial charge on any atom is 0.519 e. The van der Waals surface area contributed by atoms with E-state index in [0.717, 1.165) is 5.56 Å². The molecule has 2 aromatic rings. The number of ether oxygens (including phenoxy) is 3. The van der Waals surface area contributed by atoms with Crippen LogP contribution in [0.25, 0.3) is 0 Å². The molecule has 0 saturated heterocycles. The number of halogens is 1. The summed E-state index contributed by atoms with van der Waals surface area (Å²) in [4.78, 5) is 23.0. The molecule has 2 rings (SSSR count). The number of esters is 1.